The van der Waals surface area contributed by atoms with Crippen molar-refractivity contribution in [3.8, 4) is 0 Å². The standard InChI is InChI=1S/C27H32N4O2/c1-3-19-9-10-22-20(16-19)21(26(32)29-22)17-24-18(2)25-23(28-24)8-7-13-31(27(25)33)15-14-30-11-5-4-6-12-30/h3,9-10,16-17,28H,1,4-8,11-15H2,2H3,(H,29,32)/b21-17-. The van der Waals surface area contributed by atoms with Gasteiger partial charge < -0.3 is 20.1 Å². The van der Waals surface area contributed by atoms with Gasteiger partial charge in [-0.3, -0.25) is 9.59 Å². The van der Waals surface area contributed by atoms with E-state index in [1.165, 1.54) is 19.3 Å². The van der Waals surface area contributed by atoms with E-state index in [1.54, 1.807) is 6.08 Å². The van der Waals surface area contributed by atoms with Crippen molar-refractivity contribution in [1.82, 2.24) is 14.8 Å². The van der Waals surface area contributed by atoms with Crippen LogP contribution < -0.4 is 5.32 Å². The van der Waals surface area contributed by atoms with Crippen molar-refractivity contribution in [2.24, 2.45) is 0 Å². The Labute approximate surface area is 195 Å². The number of nitrogens with zero attached hydrogens (tertiary/aromatic N) is 2. The van der Waals surface area contributed by atoms with Crippen LogP contribution in [0.4, 0.5) is 5.69 Å². The van der Waals surface area contributed by atoms with Crippen LogP contribution in [-0.4, -0.2) is 59.3 Å². The van der Waals surface area contributed by atoms with E-state index in [-0.39, 0.29) is 11.8 Å². The minimum Gasteiger partial charge on any atom is -0.358 e. The molecule has 33 heavy (non-hydrogen) atoms. The number of hydrogen-bond acceptors (Lipinski definition) is 3. The number of hydrogen-bond donors (Lipinski definition) is 2. The lowest BCUT2D eigenvalue weighted by atomic mass is 10.0. The number of rotatable bonds is 5. The van der Waals surface area contributed by atoms with Crippen molar-refractivity contribution in [2.45, 2.75) is 39.0 Å². The van der Waals surface area contributed by atoms with Crippen molar-refractivity contribution in [3.05, 3.63) is 58.4 Å². The van der Waals surface area contributed by atoms with Gasteiger partial charge in [-0.1, -0.05) is 25.1 Å². The maximum atomic E-state index is 13.5. The maximum absolute atomic E-state index is 13.5. The van der Waals surface area contributed by atoms with Crippen molar-refractivity contribution in [2.75, 3.05) is 38.0 Å². The number of nitrogens with one attached hydrogen (secondary N) is 2. The first-order chi connectivity index (χ1) is 16.0. The second-order valence-corrected chi connectivity index (χ2v) is 9.34. The molecule has 172 valence electrons. The summed E-state index contributed by atoms with van der Waals surface area (Å²) in [6.45, 7) is 10.6. The summed E-state index contributed by atoms with van der Waals surface area (Å²) in [6, 6.07) is 5.82. The Bertz CT molecular complexity index is 1140. The Kier molecular flexibility index (Phi) is 5.94. The van der Waals surface area contributed by atoms with Crippen LogP contribution in [0.15, 0.2) is 24.8 Å². The van der Waals surface area contributed by atoms with Crippen molar-refractivity contribution in [3.63, 3.8) is 0 Å². The first-order valence-corrected chi connectivity index (χ1v) is 12.1. The van der Waals surface area contributed by atoms with Crippen LogP contribution >= 0.6 is 0 Å². The van der Waals surface area contributed by atoms with Crippen LogP contribution in [0, 0.1) is 6.92 Å². The average molecular weight is 445 g/mol. The second kappa shape index (κ2) is 9.02. The number of anilines is 1. The number of fused-ring (bicyclic) bond motifs is 2. The van der Waals surface area contributed by atoms with Gasteiger partial charge in [0.25, 0.3) is 11.8 Å². The molecule has 0 saturated carbocycles. The summed E-state index contributed by atoms with van der Waals surface area (Å²) in [5.41, 5.74) is 6.80. The molecule has 2 aromatic rings. The SMILES string of the molecule is C=Cc1ccc2c(c1)/C(=C/c1[nH]c3c(c1C)C(=O)N(CCN1CCCCC1)CCC3)C(=O)N2. The fraction of sp³-hybridized carbons (Fsp3) is 0.407. The van der Waals surface area contributed by atoms with Gasteiger partial charge in [0.2, 0.25) is 0 Å². The van der Waals surface area contributed by atoms with Crippen molar-refractivity contribution >= 4 is 35.2 Å². The minimum atomic E-state index is -0.120. The zero-order valence-corrected chi connectivity index (χ0v) is 19.4. The van der Waals surface area contributed by atoms with Crippen LogP contribution in [0.5, 0.6) is 0 Å². The van der Waals surface area contributed by atoms with Gasteiger partial charge in [-0.2, -0.15) is 0 Å². The third-order valence-corrected chi connectivity index (χ3v) is 7.21. The van der Waals surface area contributed by atoms with Crippen LogP contribution in [0.3, 0.4) is 0 Å². The largest absolute Gasteiger partial charge is 0.358 e. The van der Waals surface area contributed by atoms with E-state index in [4.69, 9.17) is 0 Å². The highest BCUT2D eigenvalue weighted by Gasteiger charge is 2.29. The summed E-state index contributed by atoms with van der Waals surface area (Å²) in [4.78, 5) is 34.2. The number of amides is 2. The van der Waals surface area contributed by atoms with Crippen LogP contribution in [0.2, 0.25) is 0 Å². The van der Waals surface area contributed by atoms with Gasteiger partial charge in [-0.05, 0) is 75.0 Å². The molecule has 5 rings (SSSR count). The molecule has 3 aliphatic heterocycles. The molecule has 4 heterocycles. The van der Waals surface area contributed by atoms with Gasteiger partial charge >= 0.3 is 0 Å². The Morgan fingerprint density at radius 3 is 2.67 bits per heavy atom. The summed E-state index contributed by atoms with van der Waals surface area (Å²) in [6.07, 6.45) is 9.30. The maximum Gasteiger partial charge on any atom is 0.256 e. The van der Waals surface area contributed by atoms with Gasteiger partial charge in [0.15, 0.2) is 0 Å². The highest BCUT2D eigenvalue weighted by Crippen LogP contribution is 2.35. The number of piperidine rings is 1. The van der Waals surface area contributed by atoms with Crippen molar-refractivity contribution < 1.29 is 9.59 Å². The Balaban J connectivity index is 1.42. The molecule has 1 saturated heterocycles. The normalized spacial score (nSPS) is 19.9. The van der Waals surface area contributed by atoms with E-state index in [1.807, 2.05) is 36.1 Å². The van der Waals surface area contributed by atoms with Gasteiger partial charge in [0.1, 0.15) is 0 Å². The van der Waals surface area contributed by atoms with Crippen LogP contribution in [-0.2, 0) is 11.2 Å². The zero-order chi connectivity index (χ0) is 22.9. The smallest absolute Gasteiger partial charge is 0.256 e. The van der Waals surface area contributed by atoms with Gasteiger partial charge in [-0.15, -0.1) is 0 Å². The lowest BCUT2D eigenvalue weighted by molar-refractivity contribution is -0.110. The second-order valence-electron chi connectivity index (χ2n) is 9.34. The molecule has 0 atom stereocenters. The molecule has 6 heteroatoms. The summed E-state index contributed by atoms with van der Waals surface area (Å²) in [7, 11) is 0. The van der Waals surface area contributed by atoms with E-state index in [9.17, 15) is 9.59 Å². The molecule has 1 aromatic carbocycles. The number of aromatic amines is 1. The molecule has 0 spiro atoms. The fourth-order valence-electron chi connectivity index (χ4n) is 5.29. The molecular weight excluding hydrogens is 412 g/mol. The van der Waals surface area contributed by atoms with Crippen molar-refractivity contribution in [1.29, 1.82) is 0 Å². The molecule has 0 bridgehead atoms. The number of likely N-dealkylation sites (tertiary alicyclic amines) is 1. The Morgan fingerprint density at radius 1 is 1.06 bits per heavy atom. The van der Waals surface area contributed by atoms with Gasteiger partial charge in [0, 0.05) is 42.3 Å². The first kappa shape index (κ1) is 21.7. The predicted molar refractivity (Wildman–Crippen MR) is 133 cm³/mol. The monoisotopic (exact) mass is 444 g/mol. The molecule has 1 aromatic heterocycles. The minimum absolute atomic E-state index is 0.114. The molecule has 0 unspecified atom stereocenters. The lowest BCUT2D eigenvalue weighted by Crippen LogP contribution is -2.40. The summed E-state index contributed by atoms with van der Waals surface area (Å²) in [5.74, 6) is -0.00647. The number of benzene rings is 1. The number of H-pyrrole nitrogens is 1. The van der Waals surface area contributed by atoms with E-state index >= 15 is 0 Å². The third-order valence-electron chi connectivity index (χ3n) is 7.21. The highest BCUT2D eigenvalue weighted by molar-refractivity contribution is 6.35. The number of aromatic nitrogens is 1. The highest BCUT2D eigenvalue weighted by atomic mass is 16.2. The molecule has 6 nitrogen and oxygen atoms in total. The molecule has 0 radical (unpaired) electrons. The number of carbonyl (C=O) groups is 2. The van der Waals surface area contributed by atoms with Gasteiger partial charge in [0.05, 0.1) is 11.1 Å². The van der Waals surface area contributed by atoms with Crippen LogP contribution in [0.25, 0.3) is 17.7 Å². The zero-order valence-electron chi connectivity index (χ0n) is 19.4. The predicted octanol–water partition coefficient (Wildman–Crippen LogP) is 4.33. The summed E-state index contributed by atoms with van der Waals surface area (Å²) >= 11 is 0. The molecule has 0 aliphatic carbocycles. The lowest BCUT2D eigenvalue weighted by Gasteiger charge is -2.29. The van der Waals surface area contributed by atoms with E-state index in [0.717, 1.165) is 84.9 Å². The molecule has 2 N–H and O–H groups in total. The summed E-state index contributed by atoms with van der Waals surface area (Å²) < 4.78 is 0. The Hall–Kier alpha value is -3.12. The fourth-order valence-corrected chi connectivity index (χ4v) is 5.29. The molecular formula is C27H32N4O2. The molecule has 3 aliphatic rings. The quantitative estimate of drug-likeness (QED) is 0.675. The van der Waals surface area contributed by atoms with Crippen LogP contribution in [0.1, 0.15) is 64.1 Å². The van der Waals surface area contributed by atoms with Gasteiger partial charge in [-0.25, -0.2) is 0 Å². The number of aryl methyl sites for hydroxylation is 1. The third kappa shape index (κ3) is 4.15. The number of carbonyl (C=O) groups excluding carboxylic acids is 2. The van der Waals surface area contributed by atoms with E-state index < -0.39 is 0 Å². The average Bonchev–Trinajstić information content (AvgIpc) is 3.25. The van der Waals surface area contributed by atoms with E-state index in [2.05, 4.69) is 21.8 Å². The topological polar surface area (TPSA) is 68.4 Å². The van der Waals surface area contributed by atoms with E-state index in [0.29, 0.717) is 5.57 Å². The Morgan fingerprint density at radius 2 is 1.88 bits per heavy atom. The first-order valence-electron chi connectivity index (χ1n) is 12.1. The summed E-state index contributed by atoms with van der Waals surface area (Å²) in [5, 5.41) is 2.94. The molecule has 2 amide bonds. The molecule has 1 fully saturated rings.